The van der Waals surface area contributed by atoms with Gasteiger partial charge in [0, 0.05) is 3.57 Å². The second kappa shape index (κ2) is 3.96. The summed E-state index contributed by atoms with van der Waals surface area (Å²) < 4.78 is 6.94. The second-order valence-electron chi connectivity index (χ2n) is 1.88. The summed E-state index contributed by atoms with van der Waals surface area (Å²) in [7, 11) is 1.60. The Morgan fingerprint density at radius 3 is 2.64 bits per heavy atom. The molecule has 0 aromatic heterocycles. The molecule has 0 saturated carbocycles. The van der Waals surface area contributed by atoms with E-state index in [2.05, 4.69) is 38.5 Å². The van der Waals surface area contributed by atoms with E-state index < -0.39 is 0 Å². The van der Waals surface area contributed by atoms with Gasteiger partial charge in [0.05, 0.1) is 16.6 Å². The second-order valence-corrected chi connectivity index (χ2v) is 4.27. The summed E-state index contributed by atoms with van der Waals surface area (Å²) in [5.74, 6) is 0.693. The SMILES string of the molecule is COc1c(Br)ccc(I)c1Cl. The zero-order valence-corrected chi connectivity index (χ0v) is 10.2. The monoisotopic (exact) mass is 346 g/mol. The van der Waals surface area contributed by atoms with Crippen molar-refractivity contribution in [1.82, 2.24) is 0 Å². The summed E-state index contributed by atoms with van der Waals surface area (Å²) in [6.07, 6.45) is 0. The van der Waals surface area contributed by atoms with E-state index in [-0.39, 0.29) is 0 Å². The summed E-state index contributed by atoms with van der Waals surface area (Å²) in [6.45, 7) is 0. The Bertz CT molecular complexity index is 277. The molecule has 11 heavy (non-hydrogen) atoms. The molecule has 1 aromatic rings. The van der Waals surface area contributed by atoms with Crippen LogP contribution in [0, 0.1) is 3.57 Å². The molecular weight excluding hydrogens is 342 g/mol. The van der Waals surface area contributed by atoms with Gasteiger partial charge in [-0.05, 0) is 50.7 Å². The number of halogens is 3. The highest BCUT2D eigenvalue weighted by Crippen LogP contribution is 2.35. The summed E-state index contributed by atoms with van der Waals surface area (Å²) >= 11 is 11.4. The summed E-state index contributed by atoms with van der Waals surface area (Å²) in [4.78, 5) is 0. The average molecular weight is 347 g/mol. The molecule has 0 aliphatic rings. The van der Waals surface area contributed by atoms with Crippen LogP contribution in [-0.4, -0.2) is 7.11 Å². The Labute approximate surface area is 92.3 Å². The lowest BCUT2D eigenvalue weighted by atomic mass is 10.3. The van der Waals surface area contributed by atoms with Gasteiger partial charge in [0.2, 0.25) is 0 Å². The van der Waals surface area contributed by atoms with Crippen molar-refractivity contribution >= 4 is 50.1 Å². The molecule has 0 unspecified atom stereocenters. The van der Waals surface area contributed by atoms with E-state index in [1.165, 1.54) is 0 Å². The molecule has 0 saturated heterocycles. The minimum absolute atomic E-state index is 0.655. The van der Waals surface area contributed by atoms with Crippen molar-refractivity contribution in [2.45, 2.75) is 0 Å². The van der Waals surface area contributed by atoms with E-state index in [0.29, 0.717) is 10.8 Å². The Morgan fingerprint density at radius 1 is 1.55 bits per heavy atom. The van der Waals surface area contributed by atoms with Crippen LogP contribution < -0.4 is 4.74 Å². The molecule has 1 nitrogen and oxygen atoms in total. The van der Waals surface area contributed by atoms with Crippen molar-refractivity contribution in [3.05, 3.63) is 25.2 Å². The number of benzene rings is 1. The van der Waals surface area contributed by atoms with Crippen molar-refractivity contribution in [2.75, 3.05) is 7.11 Å². The van der Waals surface area contributed by atoms with Gasteiger partial charge in [0.15, 0.2) is 5.75 Å². The molecule has 0 radical (unpaired) electrons. The average Bonchev–Trinajstić information content (AvgIpc) is 1.99. The third-order valence-corrected chi connectivity index (χ3v) is 3.42. The van der Waals surface area contributed by atoms with Crippen molar-refractivity contribution in [3.63, 3.8) is 0 Å². The van der Waals surface area contributed by atoms with Gasteiger partial charge in [0.25, 0.3) is 0 Å². The van der Waals surface area contributed by atoms with E-state index in [4.69, 9.17) is 16.3 Å². The Balaban J connectivity index is 3.29. The summed E-state index contributed by atoms with van der Waals surface area (Å²) in [6, 6.07) is 3.84. The van der Waals surface area contributed by atoms with Gasteiger partial charge in [-0.2, -0.15) is 0 Å². The molecular formula is C7H5BrClIO. The van der Waals surface area contributed by atoms with E-state index in [1.54, 1.807) is 7.11 Å². The zero-order valence-electron chi connectivity index (χ0n) is 5.70. The Kier molecular flexibility index (Phi) is 3.46. The smallest absolute Gasteiger partial charge is 0.152 e. The maximum Gasteiger partial charge on any atom is 0.152 e. The van der Waals surface area contributed by atoms with Gasteiger partial charge in [-0.3, -0.25) is 0 Å². The number of hydrogen-bond acceptors (Lipinski definition) is 1. The minimum atomic E-state index is 0.655. The van der Waals surface area contributed by atoms with Gasteiger partial charge in [-0.15, -0.1) is 0 Å². The molecule has 0 heterocycles. The Morgan fingerprint density at radius 2 is 2.18 bits per heavy atom. The van der Waals surface area contributed by atoms with E-state index >= 15 is 0 Å². The number of ether oxygens (including phenoxy) is 1. The molecule has 60 valence electrons. The molecule has 0 bridgehead atoms. The fourth-order valence-corrected chi connectivity index (χ4v) is 1.97. The van der Waals surface area contributed by atoms with E-state index in [9.17, 15) is 0 Å². The van der Waals surface area contributed by atoms with Crippen molar-refractivity contribution < 1.29 is 4.74 Å². The predicted molar refractivity (Wildman–Crippen MR) is 58.4 cm³/mol. The normalized spacial score (nSPS) is 9.82. The third-order valence-electron chi connectivity index (χ3n) is 1.21. The molecule has 0 N–H and O–H groups in total. The fourth-order valence-electron chi connectivity index (χ4n) is 0.696. The van der Waals surface area contributed by atoms with Crippen molar-refractivity contribution in [3.8, 4) is 5.75 Å². The number of methoxy groups -OCH3 is 1. The summed E-state index contributed by atoms with van der Waals surface area (Å²) in [5.41, 5.74) is 0. The Hall–Kier alpha value is 0.520. The highest BCUT2D eigenvalue weighted by Gasteiger charge is 2.07. The number of hydrogen-bond donors (Lipinski definition) is 0. The zero-order chi connectivity index (χ0) is 8.43. The molecule has 0 fully saturated rings. The van der Waals surface area contributed by atoms with Crippen LogP contribution in [0.15, 0.2) is 16.6 Å². The fraction of sp³-hybridized carbons (Fsp3) is 0.143. The molecule has 0 amide bonds. The largest absolute Gasteiger partial charge is 0.494 e. The first-order chi connectivity index (χ1) is 5.16. The van der Waals surface area contributed by atoms with Crippen LogP contribution >= 0.6 is 50.1 Å². The highest BCUT2D eigenvalue weighted by molar-refractivity contribution is 14.1. The topological polar surface area (TPSA) is 9.23 Å². The molecule has 0 spiro atoms. The third kappa shape index (κ3) is 2.00. The predicted octanol–water partition coefficient (Wildman–Crippen LogP) is 3.72. The van der Waals surface area contributed by atoms with Crippen molar-refractivity contribution in [2.24, 2.45) is 0 Å². The molecule has 1 aromatic carbocycles. The van der Waals surface area contributed by atoms with Crippen LogP contribution in [0.4, 0.5) is 0 Å². The lowest BCUT2D eigenvalue weighted by molar-refractivity contribution is 0.412. The van der Waals surface area contributed by atoms with Gasteiger partial charge in [-0.1, -0.05) is 11.6 Å². The maximum atomic E-state index is 5.94. The van der Waals surface area contributed by atoms with E-state index in [1.807, 2.05) is 12.1 Å². The molecule has 4 heteroatoms. The molecule has 0 aliphatic carbocycles. The molecule has 1 rings (SSSR count). The quantitative estimate of drug-likeness (QED) is 0.556. The van der Waals surface area contributed by atoms with E-state index in [0.717, 1.165) is 8.04 Å². The first-order valence-corrected chi connectivity index (χ1v) is 5.09. The highest BCUT2D eigenvalue weighted by atomic mass is 127. The van der Waals surface area contributed by atoms with Gasteiger partial charge in [0.1, 0.15) is 0 Å². The number of rotatable bonds is 1. The standard InChI is InChI=1S/C7H5BrClIO/c1-11-7-4(8)2-3-5(10)6(7)9/h2-3H,1H3. The first kappa shape index (κ1) is 9.61. The molecule has 0 aliphatic heterocycles. The van der Waals surface area contributed by atoms with Crippen LogP contribution in [0.3, 0.4) is 0 Å². The van der Waals surface area contributed by atoms with Gasteiger partial charge >= 0.3 is 0 Å². The maximum absolute atomic E-state index is 5.94. The van der Waals surface area contributed by atoms with Crippen LogP contribution in [-0.2, 0) is 0 Å². The lowest BCUT2D eigenvalue weighted by Gasteiger charge is -2.05. The van der Waals surface area contributed by atoms with Crippen LogP contribution in [0.2, 0.25) is 5.02 Å². The van der Waals surface area contributed by atoms with Crippen LogP contribution in [0.25, 0.3) is 0 Å². The van der Waals surface area contributed by atoms with Gasteiger partial charge < -0.3 is 4.74 Å². The summed E-state index contributed by atoms with van der Waals surface area (Å²) in [5, 5.41) is 0.655. The van der Waals surface area contributed by atoms with Crippen LogP contribution in [0.5, 0.6) is 5.75 Å². The lowest BCUT2D eigenvalue weighted by Crippen LogP contribution is -1.87. The molecule has 0 atom stereocenters. The van der Waals surface area contributed by atoms with Gasteiger partial charge in [-0.25, -0.2) is 0 Å². The first-order valence-electron chi connectivity index (χ1n) is 2.84. The van der Waals surface area contributed by atoms with Crippen LogP contribution in [0.1, 0.15) is 0 Å². The van der Waals surface area contributed by atoms with Crippen molar-refractivity contribution in [1.29, 1.82) is 0 Å². The minimum Gasteiger partial charge on any atom is -0.494 e.